The molecule has 1 N–H and O–H groups in total. The van der Waals surface area contributed by atoms with Gasteiger partial charge >= 0.3 is 0 Å². The number of benzene rings is 2. The molecule has 21 heavy (non-hydrogen) atoms. The number of halogens is 1. The molecule has 0 aliphatic rings. The number of hydrogen-bond donors (Lipinski definition) is 1. The van der Waals surface area contributed by atoms with Crippen molar-refractivity contribution in [1.82, 2.24) is 10.1 Å². The van der Waals surface area contributed by atoms with E-state index < -0.39 is 0 Å². The van der Waals surface area contributed by atoms with E-state index in [1.165, 1.54) is 0 Å². The predicted octanol–water partition coefficient (Wildman–Crippen LogP) is 3.67. The second-order valence-electron chi connectivity index (χ2n) is 4.28. The van der Waals surface area contributed by atoms with E-state index in [1.54, 1.807) is 48.5 Å². The Hall–Kier alpha value is -2.53. The fourth-order valence-electron chi connectivity index (χ4n) is 1.76. The Labute approximate surface area is 125 Å². The average Bonchev–Trinajstić information content (AvgIpc) is 2.96. The van der Waals surface area contributed by atoms with Gasteiger partial charge in [-0.3, -0.25) is 0 Å². The summed E-state index contributed by atoms with van der Waals surface area (Å²) in [6.45, 7) is 0.165. The van der Waals surface area contributed by atoms with Crippen LogP contribution in [0, 0.1) is 0 Å². The summed E-state index contributed by atoms with van der Waals surface area (Å²) in [5, 5.41) is 14.2. The van der Waals surface area contributed by atoms with Gasteiger partial charge in [0.25, 0.3) is 5.89 Å². The van der Waals surface area contributed by atoms with Gasteiger partial charge in [0.2, 0.25) is 5.82 Å². The summed E-state index contributed by atoms with van der Waals surface area (Å²) >= 11 is 5.80. The van der Waals surface area contributed by atoms with Gasteiger partial charge in [0.15, 0.2) is 6.61 Å². The molecule has 0 radical (unpaired) electrons. The first kappa shape index (κ1) is 13.5. The first-order valence-corrected chi connectivity index (χ1v) is 6.59. The third-order valence-electron chi connectivity index (χ3n) is 2.78. The van der Waals surface area contributed by atoms with Gasteiger partial charge in [0.05, 0.1) is 5.56 Å². The first-order chi connectivity index (χ1) is 10.2. The number of nitrogens with zero attached hydrogens (tertiary/aromatic N) is 2. The zero-order valence-electron chi connectivity index (χ0n) is 10.9. The molecule has 0 spiro atoms. The van der Waals surface area contributed by atoms with E-state index in [9.17, 15) is 5.11 Å². The van der Waals surface area contributed by atoms with Crippen LogP contribution in [0.25, 0.3) is 11.5 Å². The SMILES string of the molecule is Oc1ccccc1-c1nc(COc2ccc(Cl)cc2)no1. The minimum absolute atomic E-state index is 0.0892. The first-order valence-electron chi connectivity index (χ1n) is 6.22. The number of phenolic OH excluding ortho intramolecular Hbond substituents is 1. The molecule has 0 atom stereocenters. The van der Waals surface area contributed by atoms with Gasteiger partial charge in [0.1, 0.15) is 11.5 Å². The van der Waals surface area contributed by atoms with Crippen LogP contribution in [0.5, 0.6) is 11.5 Å². The lowest BCUT2D eigenvalue weighted by Crippen LogP contribution is -1.97. The fourth-order valence-corrected chi connectivity index (χ4v) is 1.88. The van der Waals surface area contributed by atoms with Gasteiger partial charge in [-0.25, -0.2) is 0 Å². The normalized spacial score (nSPS) is 10.5. The molecule has 1 heterocycles. The van der Waals surface area contributed by atoms with Crippen molar-refractivity contribution in [2.45, 2.75) is 6.61 Å². The Bertz CT molecular complexity index is 741. The molecule has 3 rings (SSSR count). The maximum atomic E-state index is 9.74. The monoisotopic (exact) mass is 302 g/mol. The summed E-state index contributed by atoms with van der Waals surface area (Å²) in [7, 11) is 0. The highest BCUT2D eigenvalue weighted by Crippen LogP contribution is 2.27. The largest absolute Gasteiger partial charge is 0.507 e. The van der Waals surface area contributed by atoms with Gasteiger partial charge in [0, 0.05) is 5.02 Å². The van der Waals surface area contributed by atoms with Gasteiger partial charge < -0.3 is 14.4 Å². The quantitative estimate of drug-likeness (QED) is 0.796. The molecule has 0 aliphatic carbocycles. The van der Waals surface area contributed by atoms with Crippen molar-refractivity contribution in [2.24, 2.45) is 0 Å². The van der Waals surface area contributed by atoms with Crippen LogP contribution in [0.2, 0.25) is 5.02 Å². The van der Waals surface area contributed by atoms with Crippen LogP contribution >= 0.6 is 11.6 Å². The molecule has 2 aromatic carbocycles. The van der Waals surface area contributed by atoms with E-state index in [4.69, 9.17) is 20.9 Å². The molecule has 0 amide bonds. The average molecular weight is 303 g/mol. The molecule has 106 valence electrons. The number of hydrogen-bond acceptors (Lipinski definition) is 5. The molecular weight excluding hydrogens is 292 g/mol. The highest BCUT2D eigenvalue weighted by atomic mass is 35.5. The van der Waals surface area contributed by atoms with E-state index in [-0.39, 0.29) is 18.2 Å². The number of phenols is 1. The standard InChI is InChI=1S/C15H11ClN2O3/c16-10-5-7-11(8-6-10)20-9-14-17-15(21-18-14)12-3-1-2-4-13(12)19/h1-8,19H,9H2. The highest BCUT2D eigenvalue weighted by molar-refractivity contribution is 6.30. The molecular formula is C15H11ClN2O3. The van der Waals surface area contributed by atoms with Crippen LogP contribution in [0.4, 0.5) is 0 Å². The molecule has 0 aliphatic heterocycles. The van der Waals surface area contributed by atoms with Crippen molar-refractivity contribution in [1.29, 1.82) is 0 Å². The molecule has 1 aromatic heterocycles. The Morgan fingerprint density at radius 1 is 1.10 bits per heavy atom. The Morgan fingerprint density at radius 2 is 1.86 bits per heavy atom. The summed E-state index contributed by atoms with van der Waals surface area (Å²) < 4.78 is 10.6. The fraction of sp³-hybridized carbons (Fsp3) is 0.0667. The van der Waals surface area contributed by atoms with E-state index in [0.29, 0.717) is 22.2 Å². The molecule has 3 aromatic rings. The summed E-state index contributed by atoms with van der Waals surface area (Å²) in [5.74, 6) is 1.39. The number of aromatic hydroxyl groups is 1. The van der Waals surface area contributed by atoms with Crippen LogP contribution in [0.15, 0.2) is 53.1 Å². The van der Waals surface area contributed by atoms with Crippen molar-refractivity contribution >= 4 is 11.6 Å². The van der Waals surface area contributed by atoms with Crippen LogP contribution in [-0.4, -0.2) is 15.2 Å². The van der Waals surface area contributed by atoms with E-state index in [0.717, 1.165) is 0 Å². The van der Waals surface area contributed by atoms with Gasteiger partial charge in [-0.2, -0.15) is 4.98 Å². The number of rotatable bonds is 4. The lowest BCUT2D eigenvalue weighted by molar-refractivity contribution is 0.287. The number of aromatic nitrogens is 2. The van der Waals surface area contributed by atoms with Crippen molar-refractivity contribution in [3.8, 4) is 23.0 Å². The Morgan fingerprint density at radius 3 is 2.62 bits per heavy atom. The summed E-state index contributed by atoms with van der Waals surface area (Å²) in [6, 6.07) is 13.7. The Kier molecular flexibility index (Phi) is 3.75. The van der Waals surface area contributed by atoms with Crippen LogP contribution in [-0.2, 0) is 6.61 Å². The second kappa shape index (κ2) is 5.85. The van der Waals surface area contributed by atoms with E-state index in [2.05, 4.69) is 10.1 Å². The Balaban J connectivity index is 1.71. The highest BCUT2D eigenvalue weighted by Gasteiger charge is 2.12. The van der Waals surface area contributed by atoms with Crippen molar-refractivity contribution in [3.63, 3.8) is 0 Å². The molecule has 0 saturated carbocycles. The van der Waals surface area contributed by atoms with Crippen molar-refractivity contribution in [3.05, 3.63) is 59.4 Å². The summed E-state index contributed by atoms with van der Waals surface area (Å²) in [5.41, 5.74) is 0.489. The van der Waals surface area contributed by atoms with Crippen LogP contribution < -0.4 is 4.74 Å². The zero-order valence-corrected chi connectivity index (χ0v) is 11.6. The molecule has 6 heteroatoms. The number of ether oxygens (including phenoxy) is 1. The van der Waals surface area contributed by atoms with E-state index in [1.807, 2.05) is 0 Å². The molecule has 0 saturated heterocycles. The third-order valence-corrected chi connectivity index (χ3v) is 3.04. The second-order valence-corrected chi connectivity index (χ2v) is 4.71. The third kappa shape index (κ3) is 3.14. The molecule has 0 fully saturated rings. The van der Waals surface area contributed by atoms with Crippen molar-refractivity contribution < 1.29 is 14.4 Å². The minimum atomic E-state index is 0.0892. The number of para-hydroxylation sites is 1. The molecule has 5 nitrogen and oxygen atoms in total. The lowest BCUT2D eigenvalue weighted by atomic mass is 10.2. The van der Waals surface area contributed by atoms with Gasteiger partial charge in [-0.15, -0.1) is 0 Å². The summed E-state index contributed by atoms with van der Waals surface area (Å²) in [4.78, 5) is 4.19. The maximum absolute atomic E-state index is 9.74. The topological polar surface area (TPSA) is 68.4 Å². The van der Waals surface area contributed by atoms with E-state index >= 15 is 0 Å². The van der Waals surface area contributed by atoms with Crippen LogP contribution in [0.1, 0.15) is 5.82 Å². The minimum Gasteiger partial charge on any atom is -0.507 e. The predicted molar refractivity (Wildman–Crippen MR) is 77.2 cm³/mol. The molecule has 0 bridgehead atoms. The van der Waals surface area contributed by atoms with Crippen molar-refractivity contribution in [2.75, 3.05) is 0 Å². The maximum Gasteiger partial charge on any atom is 0.261 e. The molecule has 0 unspecified atom stereocenters. The summed E-state index contributed by atoms with van der Waals surface area (Å²) in [6.07, 6.45) is 0. The van der Waals surface area contributed by atoms with Gasteiger partial charge in [-0.1, -0.05) is 28.9 Å². The lowest BCUT2D eigenvalue weighted by Gasteiger charge is -2.02. The van der Waals surface area contributed by atoms with Gasteiger partial charge in [-0.05, 0) is 36.4 Å². The van der Waals surface area contributed by atoms with Crippen LogP contribution in [0.3, 0.4) is 0 Å². The smallest absolute Gasteiger partial charge is 0.261 e. The zero-order chi connectivity index (χ0) is 14.7.